The molecule has 2 atom stereocenters. The number of alkyl halides is 2. The zero-order valence-electron chi connectivity index (χ0n) is 18.6. The molecule has 0 aromatic heterocycles. The Bertz CT molecular complexity index is 1310. The van der Waals surface area contributed by atoms with Crippen molar-refractivity contribution in [3.05, 3.63) is 86.4 Å². The number of amides is 2. The predicted octanol–water partition coefficient (Wildman–Crippen LogP) is 7.78. The summed E-state index contributed by atoms with van der Waals surface area (Å²) >= 11 is 31.3. The maximum atomic E-state index is 13.0. The molecule has 0 unspecified atom stereocenters. The monoisotopic (exact) mass is 569 g/mol. The molecule has 0 aliphatic heterocycles. The summed E-state index contributed by atoms with van der Waals surface area (Å²) in [5, 5.41) is 9.77. The van der Waals surface area contributed by atoms with E-state index in [9.17, 15) is 9.59 Å². The second-order valence-corrected chi connectivity index (χ2v) is 11.0. The first kappa shape index (κ1) is 25.9. The highest BCUT2D eigenvalue weighted by molar-refractivity contribution is 6.53. The van der Waals surface area contributed by atoms with Crippen LogP contribution in [-0.4, -0.2) is 23.2 Å². The summed E-state index contributed by atoms with van der Waals surface area (Å²) in [7, 11) is 1.83. The topological polar surface area (TPSA) is 70.2 Å². The minimum absolute atomic E-state index is 0.205. The molecule has 2 amide bonds. The number of halogens is 5. The highest BCUT2D eigenvalue weighted by Gasteiger charge is 2.67. The Balaban J connectivity index is 1.50. The Morgan fingerprint density at radius 1 is 0.857 bits per heavy atom. The Kier molecular flexibility index (Phi) is 7.46. The van der Waals surface area contributed by atoms with Crippen LogP contribution >= 0.6 is 58.0 Å². The first-order valence-electron chi connectivity index (χ1n) is 10.5. The summed E-state index contributed by atoms with van der Waals surface area (Å²) in [5.41, 5.74) is 3.80. The molecule has 3 aromatic rings. The number of hydrogen-bond donors (Lipinski definition) is 3. The molecular weight excluding hydrogens is 552 g/mol. The number of aryl methyl sites for hydroxylation is 1. The Morgan fingerprint density at radius 2 is 1.49 bits per heavy atom. The molecule has 3 N–H and O–H groups in total. The molecule has 0 heterocycles. The molecule has 5 nitrogen and oxygen atoms in total. The Morgan fingerprint density at radius 3 is 2.11 bits per heavy atom. The highest BCUT2D eigenvalue weighted by atomic mass is 35.5. The van der Waals surface area contributed by atoms with Crippen molar-refractivity contribution in [2.75, 3.05) is 23.0 Å². The fraction of sp³-hybridized carbons (Fsp3) is 0.200. The zero-order valence-corrected chi connectivity index (χ0v) is 22.3. The predicted molar refractivity (Wildman–Crippen MR) is 146 cm³/mol. The third kappa shape index (κ3) is 5.50. The summed E-state index contributed by atoms with van der Waals surface area (Å²) in [6.07, 6.45) is 0. The van der Waals surface area contributed by atoms with Crippen molar-refractivity contribution in [2.24, 2.45) is 5.92 Å². The lowest BCUT2D eigenvalue weighted by Crippen LogP contribution is -2.18. The first-order valence-corrected chi connectivity index (χ1v) is 12.4. The van der Waals surface area contributed by atoms with E-state index >= 15 is 0 Å². The zero-order chi connectivity index (χ0) is 25.5. The molecule has 0 spiro atoms. The van der Waals surface area contributed by atoms with E-state index in [2.05, 4.69) is 16.0 Å². The molecule has 0 bridgehead atoms. The lowest BCUT2D eigenvalue weighted by atomic mass is 10.1. The molecule has 3 aromatic carbocycles. The maximum Gasteiger partial charge on any atom is 0.257 e. The van der Waals surface area contributed by atoms with Crippen molar-refractivity contribution in [1.29, 1.82) is 0 Å². The van der Waals surface area contributed by atoms with E-state index < -0.39 is 28.0 Å². The van der Waals surface area contributed by atoms with Crippen LogP contribution in [0, 0.1) is 12.8 Å². The van der Waals surface area contributed by atoms with Crippen molar-refractivity contribution >= 4 is 86.9 Å². The van der Waals surface area contributed by atoms with Crippen LogP contribution in [0.2, 0.25) is 15.1 Å². The minimum atomic E-state index is -1.32. The number of nitrogens with one attached hydrogen (secondary N) is 3. The van der Waals surface area contributed by atoms with Crippen LogP contribution in [0.4, 0.5) is 17.1 Å². The van der Waals surface area contributed by atoms with Gasteiger partial charge in [-0.05, 0) is 72.6 Å². The summed E-state index contributed by atoms with van der Waals surface area (Å²) < 4.78 is -1.32. The van der Waals surface area contributed by atoms with Crippen LogP contribution in [0.5, 0.6) is 0 Å². The van der Waals surface area contributed by atoms with Gasteiger partial charge in [-0.3, -0.25) is 9.59 Å². The van der Waals surface area contributed by atoms with Crippen LogP contribution in [0.25, 0.3) is 0 Å². The van der Waals surface area contributed by atoms with Crippen molar-refractivity contribution in [3.8, 4) is 0 Å². The molecule has 1 aliphatic carbocycles. The van der Waals surface area contributed by atoms with E-state index in [4.69, 9.17) is 58.0 Å². The molecule has 0 saturated heterocycles. The molecule has 1 fully saturated rings. The van der Waals surface area contributed by atoms with Crippen LogP contribution in [0.15, 0.2) is 54.6 Å². The van der Waals surface area contributed by atoms with Gasteiger partial charge in [0.15, 0.2) is 0 Å². The van der Waals surface area contributed by atoms with Crippen molar-refractivity contribution in [3.63, 3.8) is 0 Å². The number of carbonyl (C=O) groups excluding carboxylic acids is 2. The van der Waals surface area contributed by atoms with Gasteiger partial charge in [-0.25, -0.2) is 0 Å². The first-order chi connectivity index (χ1) is 16.5. The number of hydrogen-bond acceptors (Lipinski definition) is 3. The summed E-state index contributed by atoms with van der Waals surface area (Å²) in [5.74, 6) is -2.03. The summed E-state index contributed by atoms with van der Waals surface area (Å²) in [6, 6.07) is 15.1. The third-order valence-corrected chi connectivity index (χ3v) is 7.52. The largest absolute Gasteiger partial charge is 0.388 e. The molecule has 4 rings (SSSR count). The molecule has 10 heteroatoms. The molecule has 0 radical (unpaired) electrons. The molecule has 1 saturated carbocycles. The number of carbonyl (C=O) groups is 2. The molecular formula is C25H20Cl5N3O2. The molecule has 1 aliphatic rings. The van der Waals surface area contributed by atoms with E-state index in [0.29, 0.717) is 27.0 Å². The van der Waals surface area contributed by atoms with E-state index in [0.717, 1.165) is 11.3 Å². The highest BCUT2D eigenvalue weighted by Crippen LogP contribution is 2.65. The van der Waals surface area contributed by atoms with Gasteiger partial charge >= 0.3 is 0 Å². The Labute approximate surface area is 228 Å². The van der Waals surface area contributed by atoms with Crippen LogP contribution < -0.4 is 16.0 Å². The smallest absolute Gasteiger partial charge is 0.257 e. The quantitative estimate of drug-likeness (QED) is 0.265. The van der Waals surface area contributed by atoms with Gasteiger partial charge in [0.1, 0.15) is 4.33 Å². The van der Waals surface area contributed by atoms with Crippen LogP contribution in [0.3, 0.4) is 0 Å². The molecule has 35 heavy (non-hydrogen) atoms. The maximum absolute atomic E-state index is 13.0. The lowest BCUT2D eigenvalue weighted by Gasteiger charge is -2.12. The van der Waals surface area contributed by atoms with Gasteiger partial charge in [0.05, 0.1) is 16.5 Å². The van der Waals surface area contributed by atoms with E-state index in [1.54, 1.807) is 30.3 Å². The fourth-order valence-electron chi connectivity index (χ4n) is 4.04. The van der Waals surface area contributed by atoms with Gasteiger partial charge in [0.2, 0.25) is 5.91 Å². The second kappa shape index (κ2) is 10.1. The van der Waals surface area contributed by atoms with E-state index in [1.165, 1.54) is 12.1 Å². The van der Waals surface area contributed by atoms with Crippen molar-refractivity contribution in [2.45, 2.75) is 17.2 Å². The summed E-state index contributed by atoms with van der Waals surface area (Å²) in [4.78, 5) is 25.9. The van der Waals surface area contributed by atoms with E-state index in [1.807, 2.05) is 26.1 Å². The average molecular weight is 572 g/mol. The fourth-order valence-corrected chi connectivity index (χ4v) is 5.61. The standard InChI is InChI=1S/C25H20Cl5N3O2/c1-12-7-16(4-6-20(12)31-2)32-23(34)18-11-17(3-5-19(18)28)33-24(35)22-21(25(22,29)30)13-8-14(26)10-15(27)9-13/h3-11,21-22,31H,1-2H3,(H,32,34)(H,33,35)/t21-,22+/m1/s1. The minimum Gasteiger partial charge on any atom is -0.388 e. The number of rotatable bonds is 6. The van der Waals surface area contributed by atoms with Crippen molar-refractivity contribution in [1.82, 2.24) is 0 Å². The number of anilines is 3. The second-order valence-electron chi connectivity index (χ2n) is 8.25. The van der Waals surface area contributed by atoms with Crippen molar-refractivity contribution < 1.29 is 9.59 Å². The van der Waals surface area contributed by atoms with E-state index in [-0.39, 0.29) is 10.6 Å². The SMILES string of the molecule is CNc1ccc(NC(=O)c2cc(NC(=O)[C@@H]3[C@@H](c4cc(Cl)cc(Cl)c4)C3(Cl)Cl)ccc2Cl)cc1C. The van der Waals surface area contributed by atoms with Gasteiger partial charge in [-0.2, -0.15) is 0 Å². The van der Waals surface area contributed by atoms with Gasteiger partial charge in [0, 0.05) is 40.1 Å². The van der Waals surface area contributed by atoms with Gasteiger partial charge in [-0.1, -0.05) is 34.8 Å². The van der Waals surface area contributed by atoms with Crippen LogP contribution in [-0.2, 0) is 4.79 Å². The van der Waals surface area contributed by atoms with Gasteiger partial charge < -0.3 is 16.0 Å². The Hall–Kier alpha value is -2.15. The normalized spacial score (nSPS) is 18.0. The van der Waals surface area contributed by atoms with Gasteiger partial charge in [-0.15, -0.1) is 23.2 Å². The number of benzene rings is 3. The third-order valence-electron chi connectivity index (χ3n) is 5.81. The summed E-state index contributed by atoms with van der Waals surface area (Å²) in [6.45, 7) is 1.93. The molecule has 182 valence electrons. The van der Waals surface area contributed by atoms with Crippen LogP contribution in [0.1, 0.15) is 27.4 Å². The van der Waals surface area contributed by atoms with Gasteiger partial charge in [0.25, 0.3) is 5.91 Å². The average Bonchev–Trinajstić information content (AvgIpc) is 3.36. The lowest BCUT2D eigenvalue weighted by molar-refractivity contribution is -0.117.